The van der Waals surface area contributed by atoms with Gasteiger partial charge in [0.1, 0.15) is 10.6 Å². The first-order valence-corrected chi connectivity index (χ1v) is 9.01. The second-order valence-corrected chi connectivity index (χ2v) is 7.36. The van der Waals surface area contributed by atoms with Crippen molar-refractivity contribution in [3.8, 4) is 11.1 Å². The summed E-state index contributed by atoms with van der Waals surface area (Å²) in [6, 6.07) is 8.91. The molecule has 3 rings (SSSR count). The molecule has 1 aromatic carbocycles. The summed E-state index contributed by atoms with van der Waals surface area (Å²) in [4.78, 5) is 11.1. The minimum Gasteiger partial charge on any atom is -0.367 e. The fourth-order valence-corrected chi connectivity index (χ4v) is 4.02. The van der Waals surface area contributed by atoms with Crippen LogP contribution >= 0.6 is 22.9 Å². The first-order valence-electron chi connectivity index (χ1n) is 7.82. The summed E-state index contributed by atoms with van der Waals surface area (Å²) in [6.07, 6.45) is 0.961. The van der Waals surface area contributed by atoms with E-state index in [0.717, 1.165) is 22.5 Å². The van der Waals surface area contributed by atoms with Crippen LogP contribution in [-0.4, -0.2) is 16.0 Å². The maximum Gasteiger partial charge on any atom is 0.225 e. The zero-order valence-electron chi connectivity index (χ0n) is 13.8. The minimum atomic E-state index is 0.278. The van der Waals surface area contributed by atoms with Gasteiger partial charge in [-0.2, -0.15) is 0 Å². The number of benzene rings is 1. The van der Waals surface area contributed by atoms with Gasteiger partial charge in [0.15, 0.2) is 0 Å². The van der Waals surface area contributed by atoms with Crippen molar-refractivity contribution in [2.75, 3.05) is 5.32 Å². The highest BCUT2D eigenvalue weighted by molar-refractivity contribution is 7.19. The number of hydrogen-bond donors (Lipinski definition) is 1. The van der Waals surface area contributed by atoms with E-state index in [1.54, 1.807) is 11.3 Å². The van der Waals surface area contributed by atoms with Crippen molar-refractivity contribution >= 4 is 39.0 Å². The lowest BCUT2D eigenvalue weighted by Crippen LogP contribution is -2.11. The lowest BCUT2D eigenvalue weighted by Gasteiger charge is -2.12. The Balaban J connectivity index is 2.32. The van der Waals surface area contributed by atoms with Gasteiger partial charge in [-0.15, -0.1) is 11.3 Å². The molecule has 3 aromatic rings. The molecule has 23 heavy (non-hydrogen) atoms. The van der Waals surface area contributed by atoms with Gasteiger partial charge in [0.25, 0.3) is 0 Å². The number of thiophene rings is 1. The Labute approximate surface area is 145 Å². The SMILES string of the molecule is CCc1sc2nc(Cl)nc(NC(C)C)c2c1-c1ccc(C)cc1. The van der Waals surface area contributed by atoms with E-state index >= 15 is 0 Å². The van der Waals surface area contributed by atoms with Crippen LogP contribution in [0.1, 0.15) is 31.2 Å². The molecule has 0 radical (unpaired) electrons. The Morgan fingerprint density at radius 1 is 1.17 bits per heavy atom. The molecule has 1 N–H and O–H groups in total. The Hall–Kier alpha value is -1.65. The standard InChI is InChI=1S/C18H20ClN3S/c1-5-13-14(12-8-6-11(4)7-9-12)15-16(20-10(2)3)21-18(19)22-17(15)23-13/h6-10H,5H2,1-4H3,(H,20,21,22). The van der Waals surface area contributed by atoms with Gasteiger partial charge in [-0.1, -0.05) is 36.8 Å². The number of halogens is 1. The van der Waals surface area contributed by atoms with Gasteiger partial charge in [0.05, 0.1) is 5.39 Å². The van der Waals surface area contributed by atoms with Crippen LogP contribution in [0.3, 0.4) is 0 Å². The predicted octanol–water partition coefficient (Wildman–Crippen LogP) is 5.70. The van der Waals surface area contributed by atoms with Crippen LogP contribution in [0, 0.1) is 6.92 Å². The number of aryl methyl sites for hydroxylation is 2. The van der Waals surface area contributed by atoms with Gasteiger partial charge in [-0.3, -0.25) is 0 Å². The third-order valence-electron chi connectivity index (χ3n) is 3.68. The summed E-state index contributed by atoms with van der Waals surface area (Å²) in [5.74, 6) is 0.821. The third-order valence-corrected chi connectivity index (χ3v) is 5.08. The highest BCUT2D eigenvalue weighted by atomic mass is 35.5. The average molecular weight is 346 g/mol. The molecule has 0 atom stereocenters. The summed E-state index contributed by atoms with van der Waals surface area (Å²) < 4.78 is 0. The summed E-state index contributed by atoms with van der Waals surface area (Å²) >= 11 is 7.83. The van der Waals surface area contributed by atoms with Gasteiger partial charge in [0, 0.05) is 16.5 Å². The second-order valence-electron chi connectivity index (χ2n) is 5.94. The van der Waals surface area contributed by atoms with Crippen molar-refractivity contribution in [1.29, 1.82) is 0 Å². The van der Waals surface area contributed by atoms with E-state index < -0.39 is 0 Å². The van der Waals surface area contributed by atoms with E-state index in [1.165, 1.54) is 21.6 Å². The fourth-order valence-electron chi connectivity index (χ4n) is 2.67. The highest BCUT2D eigenvalue weighted by Crippen LogP contribution is 2.42. The molecule has 2 heterocycles. The van der Waals surface area contributed by atoms with Crippen LogP contribution in [0.4, 0.5) is 5.82 Å². The van der Waals surface area contributed by atoms with Gasteiger partial charge in [0.2, 0.25) is 5.28 Å². The quantitative estimate of drug-likeness (QED) is 0.616. The molecular weight excluding hydrogens is 326 g/mol. The van der Waals surface area contributed by atoms with Crippen molar-refractivity contribution in [2.45, 2.75) is 40.2 Å². The van der Waals surface area contributed by atoms with Gasteiger partial charge < -0.3 is 5.32 Å². The maximum atomic E-state index is 6.12. The first-order chi connectivity index (χ1) is 11.0. The van der Waals surface area contributed by atoms with Crippen molar-refractivity contribution in [3.05, 3.63) is 40.0 Å². The van der Waals surface area contributed by atoms with Gasteiger partial charge in [-0.25, -0.2) is 9.97 Å². The molecule has 0 saturated heterocycles. The van der Waals surface area contributed by atoms with E-state index in [2.05, 4.69) is 67.2 Å². The maximum absolute atomic E-state index is 6.12. The van der Waals surface area contributed by atoms with Gasteiger partial charge in [-0.05, 0) is 44.4 Å². The number of fused-ring (bicyclic) bond motifs is 1. The monoisotopic (exact) mass is 345 g/mol. The largest absolute Gasteiger partial charge is 0.367 e. The zero-order valence-corrected chi connectivity index (χ0v) is 15.3. The molecule has 0 spiro atoms. The number of hydrogen-bond acceptors (Lipinski definition) is 4. The number of anilines is 1. The van der Waals surface area contributed by atoms with E-state index in [0.29, 0.717) is 5.28 Å². The number of rotatable bonds is 4. The predicted molar refractivity (Wildman–Crippen MR) is 101 cm³/mol. The molecule has 0 aliphatic rings. The van der Waals surface area contributed by atoms with Gasteiger partial charge >= 0.3 is 0 Å². The smallest absolute Gasteiger partial charge is 0.225 e. The van der Waals surface area contributed by atoms with Crippen LogP contribution < -0.4 is 5.32 Å². The molecule has 0 bridgehead atoms. The lowest BCUT2D eigenvalue weighted by molar-refractivity contribution is 0.891. The molecule has 0 amide bonds. The molecule has 2 aromatic heterocycles. The number of nitrogens with zero attached hydrogens (tertiary/aromatic N) is 2. The van der Waals surface area contributed by atoms with Crippen molar-refractivity contribution in [3.63, 3.8) is 0 Å². The Morgan fingerprint density at radius 3 is 2.48 bits per heavy atom. The van der Waals surface area contributed by atoms with Crippen LogP contribution in [0.2, 0.25) is 5.28 Å². The molecule has 3 nitrogen and oxygen atoms in total. The average Bonchev–Trinajstić information content (AvgIpc) is 2.86. The molecule has 5 heteroatoms. The van der Waals surface area contributed by atoms with Crippen LogP contribution in [-0.2, 0) is 6.42 Å². The fraction of sp³-hybridized carbons (Fsp3) is 0.333. The van der Waals surface area contributed by atoms with Crippen molar-refractivity contribution in [2.24, 2.45) is 0 Å². The molecule has 120 valence electrons. The lowest BCUT2D eigenvalue weighted by atomic mass is 10.0. The Morgan fingerprint density at radius 2 is 1.87 bits per heavy atom. The van der Waals surface area contributed by atoms with E-state index in [9.17, 15) is 0 Å². The molecule has 0 aliphatic carbocycles. The second kappa shape index (κ2) is 6.46. The summed E-state index contributed by atoms with van der Waals surface area (Å²) in [6.45, 7) is 8.47. The molecular formula is C18H20ClN3S. The topological polar surface area (TPSA) is 37.8 Å². The normalized spacial score (nSPS) is 11.4. The van der Waals surface area contributed by atoms with E-state index in [4.69, 9.17) is 11.6 Å². The van der Waals surface area contributed by atoms with Crippen molar-refractivity contribution in [1.82, 2.24) is 9.97 Å². The van der Waals surface area contributed by atoms with E-state index in [1.807, 2.05) is 0 Å². The first kappa shape index (κ1) is 16.2. The summed E-state index contributed by atoms with van der Waals surface area (Å²) in [5.41, 5.74) is 3.69. The Kier molecular flexibility index (Phi) is 4.55. The molecule has 0 aliphatic heterocycles. The highest BCUT2D eigenvalue weighted by Gasteiger charge is 2.19. The van der Waals surface area contributed by atoms with Crippen LogP contribution in [0.15, 0.2) is 24.3 Å². The minimum absolute atomic E-state index is 0.278. The third kappa shape index (κ3) is 3.19. The molecule has 0 saturated carbocycles. The van der Waals surface area contributed by atoms with Crippen LogP contribution in [0.25, 0.3) is 21.3 Å². The number of aromatic nitrogens is 2. The van der Waals surface area contributed by atoms with Crippen LogP contribution in [0.5, 0.6) is 0 Å². The summed E-state index contributed by atoms with van der Waals surface area (Å²) in [5, 5.41) is 4.79. The zero-order chi connectivity index (χ0) is 16.6. The molecule has 0 fully saturated rings. The molecule has 0 unspecified atom stereocenters. The Bertz CT molecular complexity index is 838. The van der Waals surface area contributed by atoms with Crippen molar-refractivity contribution < 1.29 is 0 Å². The van der Waals surface area contributed by atoms with E-state index in [-0.39, 0.29) is 6.04 Å². The number of nitrogens with one attached hydrogen (secondary N) is 1. The summed E-state index contributed by atoms with van der Waals surface area (Å²) in [7, 11) is 0.